The summed E-state index contributed by atoms with van der Waals surface area (Å²) in [5, 5.41) is 4.05. The smallest absolute Gasteiger partial charge is 0.355 e. The first-order valence-corrected chi connectivity index (χ1v) is 9.76. The lowest BCUT2D eigenvalue weighted by molar-refractivity contribution is -0.135. The molecule has 3 aliphatic rings. The first-order valence-electron chi connectivity index (χ1n) is 9.38. The van der Waals surface area contributed by atoms with Gasteiger partial charge in [0.2, 0.25) is 0 Å². The van der Waals surface area contributed by atoms with E-state index in [1.165, 1.54) is 27.8 Å². The molecule has 0 saturated heterocycles. The molecule has 136 valence electrons. The van der Waals surface area contributed by atoms with Gasteiger partial charge in [0.25, 0.3) is 0 Å². The summed E-state index contributed by atoms with van der Waals surface area (Å²) in [6.07, 6.45) is 0.884. The minimum atomic E-state index is -0.290. The van der Waals surface area contributed by atoms with E-state index in [0.29, 0.717) is 17.3 Å². The van der Waals surface area contributed by atoms with Crippen LogP contribution in [0, 0.1) is 0 Å². The van der Waals surface area contributed by atoms with Crippen LogP contribution in [0.5, 0.6) is 0 Å². The fraction of sp³-hybridized carbons (Fsp3) is 0.125. The molecule has 0 spiro atoms. The number of fused-ring (bicyclic) bond motifs is 5. The minimum Gasteiger partial charge on any atom is -0.456 e. The first-order chi connectivity index (χ1) is 13.7. The number of halogens is 1. The number of hydrogen-bond acceptors (Lipinski definition) is 3. The zero-order valence-electron chi connectivity index (χ0n) is 15.0. The van der Waals surface area contributed by atoms with Crippen molar-refractivity contribution in [1.82, 2.24) is 0 Å². The van der Waals surface area contributed by atoms with E-state index in [2.05, 4.69) is 47.8 Å². The summed E-state index contributed by atoms with van der Waals surface area (Å²) in [6, 6.07) is 20.7. The highest BCUT2D eigenvalue weighted by Gasteiger charge is 2.40. The van der Waals surface area contributed by atoms with Gasteiger partial charge in [-0.25, -0.2) is 4.79 Å². The fourth-order valence-corrected chi connectivity index (χ4v) is 5.06. The third kappa shape index (κ3) is 2.08. The molecule has 3 aromatic rings. The van der Waals surface area contributed by atoms with Gasteiger partial charge in [0.05, 0.1) is 0 Å². The van der Waals surface area contributed by atoms with Crippen molar-refractivity contribution in [2.75, 3.05) is 11.9 Å². The van der Waals surface area contributed by atoms with Crippen LogP contribution in [-0.2, 0) is 16.0 Å². The van der Waals surface area contributed by atoms with Crippen LogP contribution in [0.4, 0.5) is 5.69 Å². The van der Waals surface area contributed by atoms with Gasteiger partial charge in [0.15, 0.2) is 0 Å². The second-order valence-corrected chi connectivity index (χ2v) is 7.85. The lowest BCUT2D eigenvalue weighted by Crippen LogP contribution is -2.21. The number of nitrogens with one attached hydrogen (secondary N) is 1. The van der Waals surface area contributed by atoms with E-state index in [1.807, 2.05) is 18.2 Å². The second-order valence-electron chi connectivity index (χ2n) is 7.44. The summed E-state index contributed by atoms with van der Waals surface area (Å²) in [5.41, 5.74) is 9.92. The van der Waals surface area contributed by atoms with Crippen LogP contribution in [0.2, 0.25) is 5.02 Å². The topological polar surface area (TPSA) is 38.3 Å². The van der Waals surface area contributed by atoms with E-state index in [0.717, 1.165) is 23.2 Å². The first kappa shape index (κ1) is 16.0. The molecule has 28 heavy (non-hydrogen) atoms. The predicted molar refractivity (Wildman–Crippen MR) is 110 cm³/mol. The van der Waals surface area contributed by atoms with Gasteiger partial charge in [0.1, 0.15) is 12.3 Å². The number of carbonyl (C=O) groups is 1. The Kier molecular flexibility index (Phi) is 3.27. The highest BCUT2D eigenvalue weighted by molar-refractivity contribution is 6.31. The van der Waals surface area contributed by atoms with Crippen molar-refractivity contribution in [3.05, 3.63) is 99.2 Å². The molecule has 3 nitrogen and oxygen atoms in total. The van der Waals surface area contributed by atoms with Crippen molar-refractivity contribution in [1.29, 1.82) is 0 Å². The highest BCUT2D eigenvalue weighted by atomic mass is 35.5. The quantitative estimate of drug-likeness (QED) is 0.453. The number of cyclic esters (lactones) is 1. The van der Waals surface area contributed by atoms with Crippen molar-refractivity contribution in [2.24, 2.45) is 0 Å². The molecule has 4 heteroatoms. The van der Waals surface area contributed by atoms with Gasteiger partial charge in [-0.3, -0.25) is 0 Å². The summed E-state index contributed by atoms with van der Waals surface area (Å²) in [6.45, 7) is 0.299. The predicted octanol–water partition coefficient (Wildman–Crippen LogP) is 5.28. The van der Waals surface area contributed by atoms with E-state index in [-0.39, 0.29) is 11.9 Å². The molecule has 1 unspecified atom stereocenters. The summed E-state index contributed by atoms with van der Waals surface area (Å²) in [7, 11) is 0. The molecule has 0 aromatic heterocycles. The Morgan fingerprint density at radius 2 is 1.79 bits per heavy atom. The fourth-order valence-electron chi connectivity index (χ4n) is 4.81. The third-order valence-corrected chi connectivity index (χ3v) is 6.37. The van der Waals surface area contributed by atoms with Gasteiger partial charge in [-0.2, -0.15) is 0 Å². The van der Waals surface area contributed by atoms with Crippen molar-refractivity contribution >= 4 is 23.3 Å². The van der Waals surface area contributed by atoms with Crippen LogP contribution < -0.4 is 5.32 Å². The molecule has 3 aromatic carbocycles. The van der Waals surface area contributed by atoms with Crippen molar-refractivity contribution < 1.29 is 9.53 Å². The molecule has 6 rings (SSSR count). The molecule has 1 N–H and O–H groups in total. The van der Waals surface area contributed by atoms with Gasteiger partial charge in [0, 0.05) is 22.2 Å². The zero-order chi connectivity index (χ0) is 18.8. The van der Waals surface area contributed by atoms with Gasteiger partial charge in [-0.05, 0) is 51.9 Å². The second kappa shape index (κ2) is 5.73. The number of anilines is 1. The average molecular weight is 386 g/mol. The van der Waals surface area contributed by atoms with Crippen molar-refractivity contribution in [3.8, 4) is 11.1 Å². The number of carbonyl (C=O) groups excluding carboxylic acids is 1. The maximum atomic E-state index is 12.3. The van der Waals surface area contributed by atoms with Crippen LogP contribution in [-0.4, -0.2) is 12.6 Å². The highest BCUT2D eigenvalue weighted by Crippen LogP contribution is 2.51. The van der Waals surface area contributed by atoms with E-state index >= 15 is 0 Å². The van der Waals surface area contributed by atoms with Crippen molar-refractivity contribution in [3.63, 3.8) is 0 Å². The molecule has 2 heterocycles. The lowest BCUT2D eigenvalue weighted by Gasteiger charge is -2.30. The molecular weight excluding hydrogens is 370 g/mol. The van der Waals surface area contributed by atoms with Crippen LogP contribution in [0.1, 0.15) is 28.2 Å². The van der Waals surface area contributed by atoms with E-state index in [9.17, 15) is 4.79 Å². The molecule has 1 aliphatic carbocycles. The maximum absolute atomic E-state index is 12.3. The van der Waals surface area contributed by atoms with Gasteiger partial charge >= 0.3 is 5.97 Å². The van der Waals surface area contributed by atoms with Gasteiger partial charge in [-0.1, -0.05) is 60.1 Å². The summed E-state index contributed by atoms with van der Waals surface area (Å²) >= 11 is 6.62. The molecule has 0 fully saturated rings. The molecule has 0 bridgehead atoms. The van der Waals surface area contributed by atoms with Gasteiger partial charge < -0.3 is 10.1 Å². The molecule has 0 saturated carbocycles. The maximum Gasteiger partial charge on any atom is 0.355 e. The van der Waals surface area contributed by atoms with E-state index < -0.39 is 0 Å². The SMILES string of the molecule is O=C1OCC2=C1Nc1ccc3c(c1C2c1ccccc1Cl)Cc1ccccc1-3. The number of rotatable bonds is 1. The molecule has 1 atom stereocenters. The lowest BCUT2D eigenvalue weighted by atomic mass is 9.78. The Morgan fingerprint density at radius 1 is 0.964 bits per heavy atom. The molecular formula is C24H16ClNO2. The van der Waals surface area contributed by atoms with Crippen molar-refractivity contribution in [2.45, 2.75) is 12.3 Å². The van der Waals surface area contributed by atoms with Crippen LogP contribution in [0.15, 0.2) is 71.9 Å². The Morgan fingerprint density at radius 3 is 2.68 bits per heavy atom. The average Bonchev–Trinajstić information content (AvgIpc) is 3.27. The number of esters is 1. The van der Waals surface area contributed by atoms with Crippen LogP contribution >= 0.6 is 11.6 Å². The number of ether oxygens (including phenoxy) is 1. The summed E-state index contributed by atoms with van der Waals surface area (Å²) in [4.78, 5) is 12.3. The third-order valence-electron chi connectivity index (χ3n) is 6.03. The van der Waals surface area contributed by atoms with E-state index in [1.54, 1.807) is 0 Å². The minimum absolute atomic E-state index is 0.0873. The Bertz CT molecular complexity index is 1210. The Labute approximate surface area is 167 Å². The van der Waals surface area contributed by atoms with Gasteiger partial charge in [-0.15, -0.1) is 0 Å². The van der Waals surface area contributed by atoms with Crippen LogP contribution in [0.25, 0.3) is 11.1 Å². The Hall–Kier alpha value is -3.04. The van der Waals surface area contributed by atoms with E-state index in [4.69, 9.17) is 16.3 Å². The normalized spacial score (nSPS) is 18.8. The zero-order valence-corrected chi connectivity index (χ0v) is 15.7. The molecule has 0 radical (unpaired) electrons. The number of benzene rings is 3. The molecule has 0 amide bonds. The number of hydrogen-bond donors (Lipinski definition) is 1. The molecule has 2 aliphatic heterocycles. The summed E-state index contributed by atoms with van der Waals surface area (Å²) < 4.78 is 5.39. The Balaban J connectivity index is 1.64. The van der Waals surface area contributed by atoms with Crippen LogP contribution in [0.3, 0.4) is 0 Å². The standard InChI is InChI=1S/C24H16ClNO2/c25-19-8-4-3-7-16(19)21-18-12-28-24(27)23(18)26-20-10-9-15-14-6-2-1-5-13(14)11-17(15)22(20)21/h1-10,21,26H,11-12H2. The largest absolute Gasteiger partial charge is 0.456 e. The summed E-state index contributed by atoms with van der Waals surface area (Å²) in [5.74, 6) is -0.378. The monoisotopic (exact) mass is 385 g/mol.